The van der Waals surface area contributed by atoms with Crippen LogP contribution >= 0.6 is 11.3 Å². The standard InChI is InChI=1S/C19H25N3OS/c1-14-7-9-18(10-8-14)22(16(3)23)19-20-17(13-24-19)12-21-11-5-4-6-15(21)2/h7-10,13,15H,4-6,11-12H2,1-3H3. The summed E-state index contributed by atoms with van der Waals surface area (Å²) in [5.74, 6) is -0.00825. The fourth-order valence-electron chi connectivity index (χ4n) is 3.19. The highest BCUT2D eigenvalue weighted by molar-refractivity contribution is 7.14. The molecule has 1 aliphatic heterocycles. The van der Waals surface area contributed by atoms with Crippen LogP contribution in [0.15, 0.2) is 29.6 Å². The van der Waals surface area contributed by atoms with E-state index in [0.29, 0.717) is 6.04 Å². The van der Waals surface area contributed by atoms with Crippen LogP contribution in [0.3, 0.4) is 0 Å². The Morgan fingerprint density at radius 1 is 1.33 bits per heavy atom. The molecule has 5 heteroatoms. The molecule has 1 saturated heterocycles. The van der Waals surface area contributed by atoms with Crippen molar-refractivity contribution >= 4 is 28.1 Å². The lowest BCUT2D eigenvalue weighted by atomic mass is 10.0. The Hall–Kier alpha value is -1.72. The molecule has 0 radical (unpaired) electrons. The van der Waals surface area contributed by atoms with Gasteiger partial charge in [0, 0.05) is 24.9 Å². The average Bonchev–Trinajstić information content (AvgIpc) is 2.99. The number of aromatic nitrogens is 1. The van der Waals surface area contributed by atoms with Crippen LogP contribution in [0.25, 0.3) is 0 Å². The van der Waals surface area contributed by atoms with Crippen molar-refractivity contribution in [2.75, 3.05) is 11.4 Å². The molecule has 24 heavy (non-hydrogen) atoms. The van der Waals surface area contributed by atoms with Gasteiger partial charge in [0.15, 0.2) is 5.13 Å². The van der Waals surface area contributed by atoms with E-state index in [0.717, 1.165) is 29.6 Å². The van der Waals surface area contributed by atoms with Gasteiger partial charge in [-0.3, -0.25) is 14.6 Å². The summed E-state index contributed by atoms with van der Waals surface area (Å²) < 4.78 is 0. The van der Waals surface area contributed by atoms with Crippen LogP contribution in [0.2, 0.25) is 0 Å². The average molecular weight is 343 g/mol. The number of carbonyl (C=O) groups is 1. The van der Waals surface area contributed by atoms with Crippen LogP contribution in [0.4, 0.5) is 10.8 Å². The number of likely N-dealkylation sites (tertiary alicyclic amines) is 1. The number of thiazole rings is 1. The number of carbonyl (C=O) groups excluding carboxylic acids is 1. The summed E-state index contributed by atoms with van der Waals surface area (Å²) in [5, 5.41) is 2.84. The highest BCUT2D eigenvalue weighted by Crippen LogP contribution is 2.30. The highest BCUT2D eigenvalue weighted by Gasteiger charge is 2.21. The van der Waals surface area contributed by atoms with Gasteiger partial charge in [-0.1, -0.05) is 24.1 Å². The Bertz CT molecular complexity index is 695. The van der Waals surface area contributed by atoms with Crippen molar-refractivity contribution < 1.29 is 4.79 Å². The summed E-state index contributed by atoms with van der Waals surface area (Å²) in [6.45, 7) is 7.94. The molecule has 1 fully saturated rings. The third-order valence-corrected chi connectivity index (χ3v) is 5.52. The second-order valence-corrected chi connectivity index (χ2v) is 7.46. The molecule has 0 bridgehead atoms. The number of hydrogen-bond donors (Lipinski definition) is 0. The van der Waals surface area contributed by atoms with E-state index in [9.17, 15) is 4.79 Å². The van der Waals surface area contributed by atoms with Crippen LogP contribution in [-0.2, 0) is 11.3 Å². The molecular weight excluding hydrogens is 318 g/mol. The van der Waals surface area contributed by atoms with E-state index in [1.807, 2.05) is 31.2 Å². The van der Waals surface area contributed by atoms with E-state index in [1.165, 1.54) is 24.8 Å². The minimum Gasteiger partial charge on any atom is -0.295 e. The fraction of sp³-hybridized carbons (Fsp3) is 0.474. The summed E-state index contributed by atoms with van der Waals surface area (Å²) >= 11 is 1.54. The number of hydrogen-bond acceptors (Lipinski definition) is 4. The SMILES string of the molecule is CC(=O)N(c1ccc(C)cc1)c1nc(CN2CCCCC2C)cs1. The van der Waals surface area contributed by atoms with Gasteiger partial charge in [-0.2, -0.15) is 0 Å². The molecule has 1 aromatic carbocycles. The van der Waals surface area contributed by atoms with Gasteiger partial charge in [-0.25, -0.2) is 4.98 Å². The third kappa shape index (κ3) is 3.84. The second-order valence-electron chi connectivity index (χ2n) is 6.63. The van der Waals surface area contributed by atoms with Gasteiger partial charge in [0.1, 0.15) is 0 Å². The van der Waals surface area contributed by atoms with Crippen molar-refractivity contribution in [2.45, 2.75) is 52.6 Å². The minimum absolute atomic E-state index is 0.00825. The predicted molar refractivity (Wildman–Crippen MR) is 99.8 cm³/mol. The quantitative estimate of drug-likeness (QED) is 0.819. The first kappa shape index (κ1) is 17.1. The zero-order valence-corrected chi connectivity index (χ0v) is 15.5. The smallest absolute Gasteiger partial charge is 0.230 e. The lowest BCUT2D eigenvalue weighted by Gasteiger charge is -2.32. The van der Waals surface area contributed by atoms with Crippen LogP contribution in [0.1, 0.15) is 44.4 Å². The minimum atomic E-state index is -0.00825. The molecular formula is C19H25N3OS. The first-order valence-electron chi connectivity index (χ1n) is 8.60. The topological polar surface area (TPSA) is 36.4 Å². The number of piperidine rings is 1. The van der Waals surface area contributed by atoms with Gasteiger partial charge < -0.3 is 0 Å². The second kappa shape index (κ2) is 7.45. The first-order valence-corrected chi connectivity index (χ1v) is 9.48. The largest absolute Gasteiger partial charge is 0.295 e. The molecule has 4 nitrogen and oxygen atoms in total. The van der Waals surface area contributed by atoms with Crippen molar-refractivity contribution in [3.63, 3.8) is 0 Å². The van der Waals surface area contributed by atoms with Gasteiger partial charge in [0.2, 0.25) is 5.91 Å². The molecule has 2 heterocycles. The molecule has 1 unspecified atom stereocenters. The van der Waals surface area contributed by atoms with Gasteiger partial charge in [0.25, 0.3) is 0 Å². The van der Waals surface area contributed by atoms with Crippen LogP contribution < -0.4 is 4.90 Å². The van der Waals surface area contributed by atoms with Crippen molar-refractivity contribution in [1.82, 2.24) is 9.88 Å². The van der Waals surface area contributed by atoms with E-state index in [2.05, 4.69) is 17.2 Å². The zero-order valence-electron chi connectivity index (χ0n) is 14.7. The fourth-order valence-corrected chi connectivity index (χ4v) is 4.07. The van der Waals surface area contributed by atoms with E-state index in [4.69, 9.17) is 4.98 Å². The maximum Gasteiger partial charge on any atom is 0.230 e. The normalized spacial score (nSPS) is 18.5. The number of anilines is 2. The molecule has 1 atom stereocenters. The van der Waals surface area contributed by atoms with Crippen molar-refractivity contribution in [1.29, 1.82) is 0 Å². The molecule has 2 aromatic rings. The van der Waals surface area contributed by atoms with E-state index in [1.54, 1.807) is 23.2 Å². The lowest BCUT2D eigenvalue weighted by Crippen LogP contribution is -2.36. The molecule has 0 spiro atoms. The maximum atomic E-state index is 12.2. The molecule has 1 aliphatic rings. The summed E-state index contributed by atoms with van der Waals surface area (Å²) in [4.78, 5) is 21.1. The molecule has 1 amide bonds. The molecule has 0 aliphatic carbocycles. The zero-order chi connectivity index (χ0) is 17.1. The number of rotatable bonds is 4. The monoisotopic (exact) mass is 343 g/mol. The van der Waals surface area contributed by atoms with E-state index in [-0.39, 0.29) is 5.91 Å². The van der Waals surface area contributed by atoms with Crippen LogP contribution in [0.5, 0.6) is 0 Å². The number of benzene rings is 1. The Morgan fingerprint density at radius 2 is 2.08 bits per heavy atom. The summed E-state index contributed by atoms with van der Waals surface area (Å²) in [7, 11) is 0. The molecule has 0 saturated carbocycles. The summed E-state index contributed by atoms with van der Waals surface area (Å²) in [6.07, 6.45) is 3.86. The van der Waals surface area contributed by atoms with Gasteiger partial charge in [-0.05, 0) is 45.4 Å². The summed E-state index contributed by atoms with van der Waals surface area (Å²) in [6, 6.07) is 8.62. The first-order chi connectivity index (χ1) is 11.5. The highest BCUT2D eigenvalue weighted by atomic mass is 32.1. The predicted octanol–water partition coefficient (Wildman–Crippen LogP) is 4.51. The van der Waals surface area contributed by atoms with Crippen molar-refractivity contribution in [2.24, 2.45) is 0 Å². The number of aryl methyl sites for hydroxylation is 1. The van der Waals surface area contributed by atoms with E-state index >= 15 is 0 Å². The Morgan fingerprint density at radius 3 is 2.75 bits per heavy atom. The molecule has 3 rings (SSSR count). The van der Waals surface area contributed by atoms with Gasteiger partial charge in [-0.15, -0.1) is 11.3 Å². The lowest BCUT2D eigenvalue weighted by molar-refractivity contribution is -0.115. The Labute approximate surface area is 148 Å². The Kier molecular flexibility index (Phi) is 5.31. The van der Waals surface area contributed by atoms with Gasteiger partial charge in [0.05, 0.1) is 11.4 Å². The number of nitrogens with zero attached hydrogens (tertiary/aromatic N) is 3. The maximum absolute atomic E-state index is 12.2. The molecule has 0 N–H and O–H groups in total. The van der Waals surface area contributed by atoms with Crippen molar-refractivity contribution in [3.8, 4) is 0 Å². The van der Waals surface area contributed by atoms with Crippen LogP contribution in [-0.4, -0.2) is 28.4 Å². The molecule has 128 valence electrons. The number of amides is 1. The van der Waals surface area contributed by atoms with Crippen LogP contribution in [0, 0.1) is 6.92 Å². The van der Waals surface area contributed by atoms with Crippen molar-refractivity contribution in [3.05, 3.63) is 40.9 Å². The van der Waals surface area contributed by atoms with E-state index < -0.39 is 0 Å². The third-order valence-electron chi connectivity index (χ3n) is 4.64. The van der Waals surface area contributed by atoms with Gasteiger partial charge >= 0.3 is 0 Å². The molecule has 1 aromatic heterocycles. The Balaban J connectivity index is 1.79. The summed E-state index contributed by atoms with van der Waals surface area (Å²) in [5.41, 5.74) is 3.11.